The molecule has 140 valence electrons. The van der Waals surface area contributed by atoms with Gasteiger partial charge in [-0.15, -0.1) is 0 Å². The molecule has 0 bridgehead atoms. The SMILES string of the molecule is O=C(C#Cc1ccc(C(F)(F)F)cc1)N1CCN(c2ncccn2)C(O)C1. The fraction of sp³-hybridized carbons (Fsp3) is 0.278. The van der Waals surface area contributed by atoms with Crippen LogP contribution in [0.1, 0.15) is 11.1 Å². The number of hydrogen-bond donors (Lipinski definition) is 1. The van der Waals surface area contributed by atoms with E-state index in [9.17, 15) is 23.1 Å². The van der Waals surface area contributed by atoms with Gasteiger partial charge < -0.3 is 14.9 Å². The summed E-state index contributed by atoms with van der Waals surface area (Å²) in [4.78, 5) is 23.3. The highest BCUT2D eigenvalue weighted by molar-refractivity contribution is 5.94. The van der Waals surface area contributed by atoms with Crippen molar-refractivity contribution in [3.8, 4) is 11.8 Å². The van der Waals surface area contributed by atoms with Gasteiger partial charge in [-0.25, -0.2) is 9.97 Å². The van der Waals surface area contributed by atoms with E-state index in [4.69, 9.17) is 0 Å². The van der Waals surface area contributed by atoms with Crippen molar-refractivity contribution in [2.45, 2.75) is 12.4 Å². The van der Waals surface area contributed by atoms with Gasteiger partial charge in [0.1, 0.15) is 6.23 Å². The lowest BCUT2D eigenvalue weighted by Crippen LogP contribution is -2.55. The average molecular weight is 376 g/mol. The summed E-state index contributed by atoms with van der Waals surface area (Å²) >= 11 is 0. The van der Waals surface area contributed by atoms with Gasteiger partial charge >= 0.3 is 6.18 Å². The number of halogens is 3. The molecule has 1 N–H and O–H groups in total. The van der Waals surface area contributed by atoms with Crippen LogP contribution in [0.25, 0.3) is 0 Å². The highest BCUT2D eigenvalue weighted by Gasteiger charge is 2.30. The van der Waals surface area contributed by atoms with Crippen molar-refractivity contribution in [2.24, 2.45) is 0 Å². The number of hydrogen-bond acceptors (Lipinski definition) is 5. The summed E-state index contributed by atoms with van der Waals surface area (Å²) in [5, 5.41) is 10.2. The molecule has 2 heterocycles. The largest absolute Gasteiger partial charge is 0.416 e. The van der Waals surface area contributed by atoms with Gasteiger partial charge in [0.25, 0.3) is 5.91 Å². The molecule has 2 aromatic rings. The van der Waals surface area contributed by atoms with Gasteiger partial charge in [-0.1, -0.05) is 5.92 Å². The second-order valence-electron chi connectivity index (χ2n) is 5.80. The highest BCUT2D eigenvalue weighted by Crippen LogP contribution is 2.28. The van der Waals surface area contributed by atoms with Crippen LogP contribution >= 0.6 is 0 Å². The molecule has 1 unspecified atom stereocenters. The maximum atomic E-state index is 12.5. The van der Waals surface area contributed by atoms with Gasteiger partial charge in [-0.2, -0.15) is 13.2 Å². The zero-order valence-electron chi connectivity index (χ0n) is 14.0. The standard InChI is InChI=1S/C18H15F3N4O2/c19-18(20,21)14-5-2-13(3-6-14)4-7-15(26)24-10-11-25(16(27)12-24)17-22-8-1-9-23-17/h1-3,5-6,8-9,16,27H,10-12H2. The van der Waals surface area contributed by atoms with Crippen molar-refractivity contribution >= 4 is 11.9 Å². The van der Waals surface area contributed by atoms with E-state index in [1.807, 2.05) is 0 Å². The Morgan fingerprint density at radius 1 is 1.15 bits per heavy atom. The molecule has 1 aromatic heterocycles. The Bertz CT molecular complexity index is 860. The third kappa shape index (κ3) is 4.54. The van der Waals surface area contributed by atoms with Crippen molar-refractivity contribution < 1.29 is 23.1 Å². The number of piperazine rings is 1. The molecule has 9 heteroatoms. The summed E-state index contributed by atoms with van der Waals surface area (Å²) in [6.45, 7) is 0.674. The molecule has 1 fully saturated rings. The number of carbonyl (C=O) groups is 1. The molecule has 1 saturated heterocycles. The second-order valence-corrected chi connectivity index (χ2v) is 5.80. The van der Waals surface area contributed by atoms with E-state index in [1.165, 1.54) is 17.0 Å². The maximum Gasteiger partial charge on any atom is 0.416 e. The highest BCUT2D eigenvalue weighted by atomic mass is 19.4. The zero-order chi connectivity index (χ0) is 19.4. The molecule has 1 aliphatic heterocycles. The normalized spacial score (nSPS) is 17.3. The van der Waals surface area contributed by atoms with Crippen LogP contribution in [-0.4, -0.2) is 51.7 Å². The summed E-state index contributed by atoms with van der Waals surface area (Å²) in [6.07, 6.45) is -2.28. The number of alkyl halides is 3. The third-order valence-corrected chi connectivity index (χ3v) is 3.98. The van der Waals surface area contributed by atoms with Gasteiger partial charge in [0.05, 0.1) is 12.1 Å². The minimum absolute atomic E-state index is 0.0266. The molecule has 1 amide bonds. The minimum atomic E-state index is -4.42. The fourth-order valence-corrected chi connectivity index (χ4v) is 2.57. The van der Waals surface area contributed by atoms with E-state index in [2.05, 4.69) is 21.8 Å². The van der Waals surface area contributed by atoms with Crippen LogP contribution in [-0.2, 0) is 11.0 Å². The number of benzene rings is 1. The molecule has 1 atom stereocenters. The molecule has 27 heavy (non-hydrogen) atoms. The van der Waals surface area contributed by atoms with Gasteiger partial charge in [0, 0.05) is 37.0 Å². The maximum absolute atomic E-state index is 12.5. The predicted molar refractivity (Wildman–Crippen MR) is 90.3 cm³/mol. The number of anilines is 1. The van der Waals surface area contributed by atoms with Crippen LogP contribution in [0.5, 0.6) is 0 Å². The van der Waals surface area contributed by atoms with E-state index in [0.717, 1.165) is 12.1 Å². The first-order chi connectivity index (χ1) is 12.8. The number of nitrogens with zero attached hydrogens (tertiary/aromatic N) is 4. The Morgan fingerprint density at radius 3 is 2.41 bits per heavy atom. The number of amides is 1. The number of carbonyl (C=O) groups excluding carboxylic acids is 1. The van der Waals surface area contributed by atoms with Crippen molar-refractivity contribution in [3.63, 3.8) is 0 Å². The van der Waals surface area contributed by atoms with Crippen LogP contribution in [0.15, 0.2) is 42.7 Å². The van der Waals surface area contributed by atoms with Gasteiger partial charge in [0.2, 0.25) is 5.95 Å². The number of β-amino-alcohol motifs (C(OH)–C–C–N with tert-alkyl or cyclic N) is 1. The molecule has 0 aliphatic carbocycles. The fourth-order valence-electron chi connectivity index (χ4n) is 2.57. The van der Waals surface area contributed by atoms with Gasteiger partial charge in [-0.05, 0) is 30.3 Å². The molecule has 0 radical (unpaired) electrons. The van der Waals surface area contributed by atoms with Crippen LogP contribution in [0.4, 0.5) is 19.1 Å². The summed E-state index contributed by atoms with van der Waals surface area (Å²) in [5.74, 6) is 4.80. The number of rotatable bonds is 1. The van der Waals surface area contributed by atoms with E-state index >= 15 is 0 Å². The first-order valence-corrected chi connectivity index (χ1v) is 8.04. The smallest absolute Gasteiger partial charge is 0.372 e. The Kier molecular flexibility index (Phi) is 5.28. The molecule has 0 spiro atoms. The molecule has 0 saturated carbocycles. The first kappa shape index (κ1) is 18.7. The van der Waals surface area contributed by atoms with Crippen LogP contribution in [0, 0.1) is 11.8 Å². The molecule has 6 nitrogen and oxygen atoms in total. The first-order valence-electron chi connectivity index (χ1n) is 8.04. The van der Waals surface area contributed by atoms with Crippen LogP contribution in [0.3, 0.4) is 0 Å². The Morgan fingerprint density at radius 2 is 1.81 bits per heavy atom. The summed E-state index contributed by atoms with van der Waals surface area (Å²) in [6, 6.07) is 5.91. The molecule has 1 aromatic carbocycles. The topological polar surface area (TPSA) is 69.6 Å². The molecule has 3 rings (SSSR count). The predicted octanol–water partition coefficient (Wildman–Crippen LogP) is 1.51. The second kappa shape index (κ2) is 7.63. The van der Waals surface area contributed by atoms with Crippen molar-refractivity contribution in [1.29, 1.82) is 0 Å². The number of aromatic nitrogens is 2. The molecular weight excluding hydrogens is 361 g/mol. The zero-order valence-corrected chi connectivity index (χ0v) is 14.0. The van der Waals surface area contributed by atoms with E-state index in [-0.39, 0.29) is 6.54 Å². The van der Waals surface area contributed by atoms with Crippen molar-refractivity contribution in [2.75, 3.05) is 24.5 Å². The lowest BCUT2D eigenvalue weighted by molar-refractivity contribution is -0.137. The Balaban J connectivity index is 1.62. The summed E-state index contributed by atoms with van der Waals surface area (Å²) in [5.41, 5.74) is -0.477. The van der Waals surface area contributed by atoms with Gasteiger partial charge in [0.15, 0.2) is 0 Å². The minimum Gasteiger partial charge on any atom is -0.372 e. The van der Waals surface area contributed by atoms with E-state index in [0.29, 0.717) is 24.6 Å². The molecular formula is C18H15F3N4O2. The number of aliphatic hydroxyl groups is 1. The lowest BCUT2D eigenvalue weighted by atomic mass is 10.1. The van der Waals surface area contributed by atoms with Crippen molar-refractivity contribution in [3.05, 3.63) is 53.9 Å². The average Bonchev–Trinajstić information content (AvgIpc) is 2.66. The molecule has 1 aliphatic rings. The third-order valence-electron chi connectivity index (χ3n) is 3.98. The van der Waals surface area contributed by atoms with E-state index in [1.54, 1.807) is 23.4 Å². The lowest BCUT2D eigenvalue weighted by Gasteiger charge is -2.37. The quantitative estimate of drug-likeness (QED) is 0.765. The summed E-state index contributed by atoms with van der Waals surface area (Å²) < 4.78 is 37.6. The Hall–Kier alpha value is -3.12. The van der Waals surface area contributed by atoms with Gasteiger partial charge in [-0.3, -0.25) is 4.79 Å². The van der Waals surface area contributed by atoms with Crippen LogP contribution < -0.4 is 4.90 Å². The number of aliphatic hydroxyl groups excluding tert-OH is 1. The summed E-state index contributed by atoms with van der Waals surface area (Å²) in [7, 11) is 0. The van der Waals surface area contributed by atoms with E-state index < -0.39 is 23.9 Å². The monoisotopic (exact) mass is 376 g/mol. The Labute approximate surface area is 153 Å². The van der Waals surface area contributed by atoms with Crippen LogP contribution in [0.2, 0.25) is 0 Å². The van der Waals surface area contributed by atoms with Crippen molar-refractivity contribution in [1.82, 2.24) is 14.9 Å².